The highest BCUT2D eigenvalue weighted by molar-refractivity contribution is 6.12. The van der Waals surface area contributed by atoms with Crippen LogP contribution in [0.5, 0.6) is 5.75 Å². The molecule has 1 aliphatic heterocycles. The second kappa shape index (κ2) is 7.72. The molecule has 0 bridgehead atoms. The first kappa shape index (κ1) is 18.0. The number of para-hydroxylation sites is 1. The van der Waals surface area contributed by atoms with Gasteiger partial charge in [0.05, 0.1) is 12.2 Å². The Morgan fingerprint density at radius 2 is 1.71 bits per heavy atom. The Kier molecular flexibility index (Phi) is 4.98. The first-order valence-corrected chi connectivity index (χ1v) is 9.35. The van der Waals surface area contributed by atoms with Crippen molar-refractivity contribution >= 4 is 17.3 Å². The predicted octanol–water partition coefficient (Wildman–Crippen LogP) is 5.39. The lowest BCUT2D eigenvalue weighted by molar-refractivity contribution is 0.0975. The van der Waals surface area contributed by atoms with Crippen molar-refractivity contribution in [3.8, 4) is 5.75 Å². The van der Waals surface area contributed by atoms with E-state index in [9.17, 15) is 9.18 Å². The number of rotatable bonds is 5. The molecule has 5 heteroatoms. The van der Waals surface area contributed by atoms with Crippen LogP contribution in [0.2, 0.25) is 0 Å². The number of halogens is 1. The summed E-state index contributed by atoms with van der Waals surface area (Å²) in [6.07, 6.45) is 0.491. The molecule has 142 valence electrons. The molecule has 1 N–H and O–H groups in total. The highest BCUT2D eigenvalue weighted by Gasteiger charge is 2.33. The summed E-state index contributed by atoms with van der Waals surface area (Å²) < 4.78 is 19.1. The number of hydrogen-bond donors (Lipinski definition) is 1. The van der Waals surface area contributed by atoms with E-state index in [0.29, 0.717) is 12.2 Å². The Hall–Kier alpha value is -3.34. The largest absolute Gasteiger partial charge is 0.494 e. The third-order valence-electron chi connectivity index (χ3n) is 4.70. The molecule has 0 spiro atoms. The predicted molar refractivity (Wildman–Crippen MR) is 108 cm³/mol. The van der Waals surface area contributed by atoms with Crippen LogP contribution >= 0.6 is 0 Å². The van der Waals surface area contributed by atoms with Gasteiger partial charge in [-0.3, -0.25) is 9.69 Å². The second-order valence-corrected chi connectivity index (χ2v) is 6.66. The summed E-state index contributed by atoms with van der Waals surface area (Å²) >= 11 is 0. The minimum atomic E-state index is -0.439. The molecule has 0 saturated heterocycles. The van der Waals surface area contributed by atoms with E-state index in [-0.39, 0.29) is 11.7 Å². The third kappa shape index (κ3) is 3.43. The zero-order valence-corrected chi connectivity index (χ0v) is 15.6. The van der Waals surface area contributed by atoms with Crippen LogP contribution in [0.15, 0.2) is 72.8 Å². The van der Waals surface area contributed by atoms with E-state index in [4.69, 9.17) is 4.74 Å². The summed E-state index contributed by atoms with van der Waals surface area (Å²) in [6.45, 7) is 2.70. The van der Waals surface area contributed by atoms with Crippen molar-refractivity contribution in [1.29, 1.82) is 0 Å². The summed E-state index contributed by atoms with van der Waals surface area (Å²) in [5, 5.41) is 3.41. The smallest absolute Gasteiger partial charge is 0.262 e. The van der Waals surface area contributed by atoms with E-state index < -0.39 is 6.17 Å². The average molecular weight is 376 g/mol. The van der Waals surface area contributed by atoms with Gasteiger partial charge in [0.2, 0.25) is 0 Å². The summed E-state index contributed by atoms with van der Waals surface area (Å²) in [5.74, 6) is 0.350. The van der Waals surface area contributed by atoms with Gasteiger partial charge in [-0.05, 0) is 60.5 Å². The maximum Gasteiger partial charge on any atom is 0.262 e. The normalized spacial score (nSPS) is 15.7. The zero-order chi connectivity index (χ0) is 19.5. The molecule has 0 aliphatic carbocycles. The molecule has 3 aromatic carbocycles. The molecule has 0 fully saturated rings. The Labute approximate surface area is 163 Å². The molecular formula is C23H21FN2O2. The Bertz CT molecular complexity index is 971. The fourth-order valence-electron chi connectivity index (χ4n) is 3.32. The van der Waals surface area contributed by atoms with Gasteiger partial charge in [-0.2, -0.15) is 0 Å². The van der Waals surface area contributed by atoms with Gasteiger partial charge >= 0.3 is 0 Å². The molecule has 1 heterocycles. The van der Waals surface area contributed by atoms with Crippen LogP contribution in [-0.4, -0.2) is 12.5 Å². The minimum absolute atomic E-state index is 0.106. The summed E-state index contributed by atoms with van der Waals surface area (Å²) in [4.78, 5) is 15.0. The van der Waals surface area contributed by atoms with Gasteiger partial charge in [0.1, 0.15) is 17.7 Å². The number of amides is 1. The number of nitrogens with one attached hydrogen (secondary N) is 1. The van der Waals surface area contributed by atoms with Gasteiger partial charge in [-0.15, -0.1) is 0 Å². The van der Waals surface area contributed by atoms with Crippen LogP contribution in [0.25, 0.3) is 0 Å². The fourth-order valence-corrected chi connectivity index (χ4v) is 3.32. The van der Waals surface area contributed by atoms with Crippen LogP contribution in [0.1, 0.15) is 35.4 Å². The van der Waals surface area contributed by atoms with Gasteiger partial charge in [0.15, 0.2) is 0 Å². The van der Waals surface area contributed by atoms with Crippen molar-refractivity contribution in [3.63, 3.8) is 0 Å². The van der Waals surface area contributed by atoms with Crippen molar-refractivity contribution in [2.75, 3.05) is 16.8 Å². The molecule has 1 amide bonds. The van der Waals surface area contributed by atoms with Crippen molar-refractivity contribution in [3.05, 3.63) is 89.7 Å². The number of carbonyl (C=O) groups is 1. The molecule has 3 aromatic rings. The van der Waals surface area contributed by atoms with Crippen molar-refractivity contribution < 1.29 is 13.9 Å². The fraction of sp³-hybridized carbons (Fsp3) is 0.174. The van der Waals surface area contributed by atoms with Crippen molar-refractivity contribution in [2.24, 2.45) is 0 Å². The van der Waals surface area contributed by atoms with E-state index in [1.54, 1.807) is 23.1 Å². The van der Waals surface area contributed by atoms with Gasteiger partial charge in [-0.1, -0.05) is 31.2 Å². The molecule has 0 saturated carbocycles. The highest BCUT2D eigenvalue weighted by Crippen LogP contribution is 2.37. The van der Waals surface area contributed by atoms with Crippen molar-refractivity contribution in [1.82, 2.24) is 0 Å². The van der Waals surface area contributed by atoms with E-state index in [2.05, 4.69) is 12.2 Å². The van der Waals surface area contributed by atoms with E-state index in [1.807, 2.05) is 42.5 Å². The van der Waals surface area contributed by atoms with E-state index >= 15 is 0 Å². The first-order valence-electron chi connectivity index (χ1n) is 9.35. The molecule has 28 heavy (non-hydrogen) atoms. The standard InChI is InChI=1S/C23H21FN2O2/c1-2-15-28-19-13-11-18(12-14-19)26-22(16-7-9-17(24)10-8-16)25-21-6-4-3-5-20(21)23(26)27/h3-14,22,25H,2,15H2,1H3/t22-/m1/s1. The number of ether oxygens (including phenoxy) is 1. The van der Waals surface area contributed by atoms with Crippen LogP contribution in [-0.2, 0) is 0 Å². The quantitative estimate of drug-likeness (QED) is 0.649. The number of fused-ring (bicyclic) bond motifs is 1. The van der Waals surface area contributed by atoms with E-state index in [0.717, 1.165) is 29.1 Å². The lowest BCUT2D eigenvalue weighted by Crippen LogP contribution is -2.43. The number of anilines is 2. The van der Waals surface area contributed by atoms with Gasteiger partial charge in [0, 0.05) is 11.4 Å². The van der Waals surface area contributed by atoms with Gasteiger partial charge in [-0.25, -0.2) is 4.39 Å². The maximum atomic E-state index is 13.4. The lowest BCUT2D eigenvalue weighted by Gasteiger charge is -2.38. The van der Waals surface area contributed by atoms with E-state index in [1.165, 1.54) is 12.1 Å². The molecule has 1 aliphatic rings. The first-order chi connectivity index (χ1) is 13.7. The molecule has 4 rings (SSSR count). The van der Waals surface area contributed by atoms with Crippen LogP contribution in [0, 0.1) is 5.82 Å². The average Bonchev–Trinajstić information content (AvgIpc) is 2.73. The van der Waals surface area contributed by atoms with Gasteiger partial charge in [0.25, 0.3) is 5.91 Å². The zero-order valence-electron chi connectivity index (χ0n) is 15.6. The third-order valence-corrected chi connectivity index (χ3v) is 4.70. The second-order valence-electron chi connectivity index (χ2n) is 6.66. The highest BCUT2D eigenvalue weighted by atomic mass is 19.1. The Morgan fingerprint density at radius 1 is 1.00 bits per heavy atom. The number of hydrogen-bond acceptors (Lipinski definition) is 3. The summed E-state index contributed by atoms with van der Waals surface area (Å²) in [6, 6.07) is 21.1. The molecule has 1 atom stereocenters. The van der Waals surface area contributed by atoms with Gasteiger partial charge < -0.3 is 10.1 Å². The Morgan fingerprint density at radius 3 is 2.43 bits per heavy atom. The lowest BCUT2D eigenvalue weighted by atomic mass is 10.0. The molecule has 4 nitrogen and oxygen atoms in total. The van der Waals surface area contributed by atoms with Crippen LogP contribution in [0.4, 0.5) is 15.8 Å². The minimum Gasteiger partial charge on any atom is -0.494 e. The monoisotopic (exact) mass is 376 g/mol. The van der Waals surface area contributed by atoms with Crippen LogP contribution in [0.3, 0.4) is 0 Å². The maximum absolute atomic E-state index is 13.4. The number of nitrogens with zero attached hydrogens (tertiary/aromatic N) is 1. The molecular weight excluding hydrogens is 355 g/mol. The Balaban J connectivity index is 1.74. The number of carbonyl (C=O) groups excluding carboxylic acids is 1. The molecule has 0 unspecified atom stereocenters. The van der Waals surface area contributed by atoms with Crippen molar-refractivity contribution in [2.45, 2.75) is 19.5 Å². The SMILES string of the molecule is CCCOc1ccc(N2C(=O)c3ccccc3N[C@H]2c2ccc(F)cc2)cc1. The summed E-state index contributed by atoms with van der Waals surface area (Å²) in [5.41, 5.74) is 2.91. The molecule has 0 radical (unpaired) electrons. The van der Waals surface area contributed by atoms with Crippen LogP contribution < -0.4 is 15.0 Å². The molecule has 0 aromatic heterocycles. The summed E-state index contributed by atoms with van der Waals surface area (Å²) in [7, 11) is 0. The number of benzene rings is 3. The topological polar surface area (TPSA) is 41.6 Å².